The molecule has 1 aliphatic rings. The molecule has 5 nitrogen and oxygen atoms in total. The Hall–Kier alpha value is -2.02. The summed E-state index contributed by atoms with van der Waals surface area (Å²) in [7, 11) is 0. The molecular weight excluding hydrogens is 350 g/mol. The second-order valence-electron chi connectivity index (χ2n) is 5.40. The molecule has 3 N–H and O–H groups in total. The van der Waals surface area contributed by atoms with Crippen molar-refractivity contribution in [2.45, 2.75) is 17.4 Å². The van der Waals surface area contributed by atoms with E-state index in [1.165, 1.54) is 23.9 Å². The number of phenols is 1. The number of hydrogen-bond donors (Lipinski definition) is 3. The van der Waals surface area contributed by atoms with Crippen molar-refractivity contribution in [1.82, 2.24) is 0 Å². The molecule has 0 fully saturated rings. The van der Waals surface area contributed by atoms with Crippen LogP contribution >= 0.6 is 23.4 Å². The molecule has 2 atom stereocenters. The third kappa shape index (κ3) is 3.26. The van der Waals surface area contributed by atoms with Crippen molar-refractivity contribution in [2.75, 3.05) is 0 Å². The number of aliphatic imine (C=N–C) groups is 1. The lowest BCUT2D eigenvalue weighted by atomic mass is 9.97. The average molecular weight is 364 g/mol. The number of aliphatic carboxylic acids is 1. The monoisotopic (exact) mass is 363 g/mol. The third-order valence-electron chi connectivity index (χ3n) is 3.72. The molecular formula is C17H14ClNO4S. The Morgan fingerprint density at radius 2 is 1.79 bits per heavy atom. The van der Waals surface area contributed by atoms with Gasteiger partial charge < -0.3 is 15.3 Å². The fourth-order valence-electron chi connectivity index (χ4n) is 2.49. The molecule has 3 rings (SSSR count). The van der Waals surface area contributed by atoms with E-state index >= 15 is 0 Å². The van der Waals surface area contributed by atoms with Crippen LogP contribution in [0.5, 0.6) is 5.75 Å². The number of nitrogens with zero attached hydrogens (tertiary/aromatic N) is 1. The van der Waals surface area contributed by atoms with Crippen LogP contribution in [-0.4, -0.2) is 31.6 Å². The molecule has 0 aliphatic carbocycles. The van der Waals surface area contributed by atoms with Crippen molar-refractivity contribution in [3.63, 3.8) is 0 Å². The van der Waals surface area contributed by atoms with Crippen molar-refractivity contribution in [3.05, 3.63) is 64.7 Å². The normalized spacial score (nSPS) is 23.1. The van der Waals surface area contributed by atoms with Gasteiger partial charge in [0.15, 0.2) is 5.72 Å². The Labute approximate surface area is 147 Å². The minimum absolute atomic E-state index is 0.123. The first kappa shape index (κ1) is 16.8. The van der Waals surface area contributed by atoms with Gasteiger partial charge in [0.1, 0.15) is 10.8 Å². The number of halogens is 1. The van der Waals surface area contributed by atoms with Gasteiger partial charge in [-0.15, -0.1) is 0 Å². The Morgan fingerprint density at radius 1 is 1.17 bits per heavy atom. The van der Waals surface area contributed by atoms with Gasteiger partial charge in [0.2, 0.25) is 0 Å². The van der Waals surface area contributed by atoms with Crippen LogP contribution in [0.25, 0.3) is 0 Å². The number of carboxylic acids is 1. The van der Waals surface area contributed by atoms with Gasteiger partial charge >= 0.3 is 5.97 Å². The van der Waals surface area contributed by atoms with Crippen LogP contribution in [0.3, 0.4) is 0 Å². The highest BCUT2D eigenvalue weighted by Gasteiger charge is 2.46. The topological polar surface area (TPSA) is 90.1 Å². The number of thioether (sulfide) groups is 1. The Morgan fingerprint density at radius 3 is 2.38 bits per heavy atom. The van der Waals surface area contributed by atoms with Crippen LogP contribution in [0.2, 0.25) is 5.02 Å². The van der Waals surface area contributed by atoms with Gasteiger partial charge in [-0.25, -0.2) is 4.99 Å². The van der Waals surface area contributed by atoms with E-state index in [1.807, 2.05) is 0 Å². The summed E-state index contributed by atoms with van der Waals surface area (Å²) in [5, 5.41) is 30.0. The molecule has 2 aromatic rings. The van der Waals surface area contributed by atoms with Crippen molar-refractivity contribution in [3.8, 4) is 5.75 Å². The molecule has 0 saturated heterocycles. The van der Waals surface area contributed by atoms with E-state index in [1.54, 1.807) is 36.4 Å². The van der Waals surface area contributed by atoms with Gasteiger partial charge in [0.25, 0.3) is 0 Å². The first-order chi connectivity index (χ1) is 11.4. The summed E-state index contributed by atoms with van der Waals surface area (Å²) >= 11 is 7.09. The van der Waals surface area contributed by atoms with Gasteiger partial charge in [-0.1, -0.05) is 35.5 Å². The zero-order valence-electron chi connectivity index (χ0n) is 12.4. The van der Waals surface area contributed by atoms with Crippen LogP contribution in [0.1, 0.15) is 17.5 Å². The standard InChI is InChI=1S/C17H14ClNO4S/c18-12-5-3-11(4-6-12)17(23)14(9-15(21)22)24-16(19-17)10-1-7-13(20)8-2-10/h1-8,14,20,23H,9H2,(H,21,22). The summed E-state index contributed by atoms with van der Waals surface area (Å²) in [5.41, 5.74) is -0.460. The van der Waals surface area contributed by atoms with Crippen LogP contribution in [0.15, 0.2) is 53.5 Å². The summed E-state index contributed by atoms with van der Waals surface area (Å²) in [6.07, 6.45) is -0.241. The van der Waals surface area contributed by atoms with Gasteiger partial charge in [-0.3, -0.25) is 4.79 Å². The molecule has 7 heteroatoms. The van der Waals surface area contributed by atoms with Gasteiger partial charge in [0, 0.05) is 16.1 Å². The highest BCUT2D eigenvalue weighted by atomic mass is 35.5. The lowest BCUT2D eigenvalue weighted by Crippen LogP contribution is -2.34. The second-order valence-corrected chi connectivity index (χ2v) is 7.03. The number of carboxylic acid groups (broad SMARTS) is 1. The van der Waals surface area contributed by atoms with Crippen LogP contribution in [-0.2, 0) is 10.5 Å². The number of aliphatic hydroxyl groups is 1. The first-order valence-corrected chi connectivity index (χ1v) is 8.40. The van der Waals surface area contributed by atoms with Crippen LogP contribution in [0, 0.1) is 0 Å². The fourth-order valence-corrected chi connectivity index (χ4v) is 3.93. The molecule has 0 saturated carbocycles. The molecule has 0 aromatic heterocycles. The number of carbonyl (C=O) groups is 1. The van der Waals surface area contributed by atoms with Crippen molar-refractivity contribution in [2.24, 2.45) is 4.99 Å². The maximum absolute atomic E-state index is 11.2. The van der Waals surface area contributed by atoms with E-state index in [2.05, 4.69) is 4.99 Å². The summed E-state index contributed by atoms with van der Waals surface area (Å²) in [4.78, 5) is 15.6. The minimum atomic E-state index is -1.65. The lowest BCUT2D eigenvalue weighted by Gasteiger charge is -2.26. The van der Waals surface area contributed by atoms with Gasteiger partial charge in [-0.2, -0.15) is 0 Å². The molecule has 2 unspecified atom stereocenters. The number of aromatic hydroxyl groups is 1. The Bertz CT molecular complexity index is 791. The summed E-state index contributed by atoms with van der Waals surface area (Å²) in [6, 6.07) is 12.9. The zero-order valence-corrected chi connectivity index (χ0v) is 14.0. The van der Waals surface area contributed by atoms with Gasteiger partial charge in [-0.05, 0) is 36.4 Å². The Kier molecular flexibility index (Phi) is 4.54. The number of phenolic OH excluding ortho intramolecular Hbond substituents is 1. The molecule has 1 heterocycles. The fraction of sp³-hybridized carbons (Fsp3) is 0.176. The molecule has 0 bridgehead atoms. The quantitative estimate of drug-likeness (QED) is 0.775. The van der Waals surface area contributed by atoms with Gasteiger partial charge in [0.05, 0.1) is 11.7 Å². The molecule has 1 aliphatic heterocycles. The molecule has 124 valence electrons. The van der Waals surface area contributed by atoms with E-state index < -0.39 is 16.9 Å². The largest absolute Gasteiger partial charge is 0.508 e. The number of hydrogen-bond acceptors (Lipinski definition) is 5. The maximum atomic E-state index is 11.2. The van der Waals surface area contributed by atoms with Crippen LogP contribution in [0.4, 0.5) is 0 Å². The predicted octanol–water partition coefficient (Wildman–Crippen LogP) is 3.23. The lowest BCUT2D eigenvalue weighted by molar-refractivity contribution is -0.138. The number of rotatable bonds is 4. The highest BCUT2D eigenvalue weighted by Crippen LogP contribution is 2.45. The molecule has 2 aromatic carbocycles. The Balaban J connectivity index is 2.02. The van der Waals surface area contributed by atoms with E-state index in [9.17, 15) is 15.0 Å². The first-order valence-electron chi connectivity index (χ1n) is 7.14. The zero-order chi connectivity index (χ0) is 17.3. The molecule has 0 amide bonds. The van der Waals surface area contributed by atoms with E-state index in [0.717, 1.165) is 0 Å². The predicted molar refractivity (Wildman–Crippen MR) is 93.6 cm³/mol. The van der Waals surface area contributed by atoms with E-state index in [-0.39, 0.29) is 12.2 Å². The van der Waals surface area contributed by atoms with Crippen molar-refractivity contribution in [1.29, 1.82) is 0 Å². The smallest absolute Gasteiger partial charge is 0.304 e. The van der Waals surface area contributed by atoms with Crippen molar-refractivity contribution < 1.29 is 20.1 Å². The minimum Gasteiger partial charge on any atom is -0.508 e. The second kappa shape index (κ2) is 6.47. The molecule has 0 radical (unpaired) electrons. The van der Waals surface area contributed by atoms with Crippen LogP contribution < -0.4 is 0 Å². The molecule has 0 spiro atoms. The number of benzene rings is 2. The highest BCUT2D eigenvalue weighted by molar-refractivity contribution is 8.15. The molecule has 24 heavy (non-hydrogen) atoms. The maximum Gasteiger partial charge on any atom is 0.304 e. The SMILES string of the molecule is O=C(O)CC1SC(c2ccc(O)cc2)=NC1(O)c1ccc(Cl)cc1. The summed E-state index contributed by atoms with van der Waals surface area (Å²) < 4.78 is 0. The van der Waals surface area contributed by atoms with E-state index in [0.29, 0.717) is 21.2 Å². The third-order valence-corrected chi connectivity index (χ3v) is 5.30. The average Bonchev–Trinajstić information content (AvgIpc) is 2.86. The van der Waals surface area contributed by atoms with Crippen molar-refractivity contribution >= 4 is 34.4 Å². The van der Waals surface area contributed by atoms with E-state index in [4.69, 9.17) is 16.7 Å². The summed E-state index contributed by atoms with van der Waals surface area (Å²) in [6.45, 7) is 0. The summed E-state index contributed by atoms with van der Waals surface area (Å²) in [5.74, 6) is -0.889.